The zero-order valence-corrected chi connectivity index (χ0v) is 14.9. The zero-order chi connectivity index (χ0) is 18.6. The molecule has 2 N–H and O–H groups in total. The van der Waals surface area contributed by atoms with E-state index >= 15 is 0 Å². The number of carboxylic acid groups (broad SMARTS) is 1. The van der Waals surface area contributed by atoms with Crippen molar-refractivity contribution >= 4 is 11.9 Å². The first-order valence-electron chi connectivity index (χ1n) is 8.09. The van der Waals surface area contributed by atoms with E-state index in [-0.39, 0.29) is 5.91 Å². The average molecular weight is 341 g/mol. The van der Waals surface area contributed by atoms with E-state index < -0.39 is 17.9 Å². The molecule has 0 bridgehead atoms. The number of methoxy groups -OCH3 is 1. The van der Waals surface area contributed by atoms with Crippen LogP contribution in [0.4, 0.5) is 0 Å². The first kappa shape index (κ1) is 18.5. The van der Waals surface area contributed by atoms with Gasteiger partial charge >= 0.3 is 5.97 Å². The predicted molar refractivity (Wildman–Crippen MR) is 95.9 cm³/mol. The van der Waals surface area contributed by atoms with Crippen molar-refractivity contribution in [1.29, 1.82) is 0 Å². The van der Waals surface area contributed by atoms with Gasteiger partial charge in [-0.15, -0.1) is 0 Å². The summed E-state index contributed by atoms with van der Waals surface area (Å²) in [5, 5.41) is 12.2. The summed E-state index contributed by atoms with van der Waals surface area (Å²) < 4.78 is 5.32. The highest BCUT2D eigenvalue weighted by molar-refractivity contribution is 5.95. The predicted octanol–water partition coefficient (Wildman–Crippen LogP) is 3.50. The van der Waals surface area contributed by atoms with Crippen LogP contribution in [0.2, 0.25) is 0 Å². The summed E-state index contributed by atoms with van der Waals surface area (Å²) in [6.45, 7) is 5.33. The van der Waals surface area contributed by atoms with Crippen molar-refractivity contribution < 1.29 is 19.4 Å². The third kappa shape index (κ3) is 4.18. The van der Waals surface area contributed by atoms with Crippen molar-refractivity contribution in [2.75, 3.05) is 7.11 Å². The highest BCUT2D eigenvalue weighted by Crippen LogP contribution is 2.26. The molecule has 0 radical (unpaired) electrons. The summed E-state index contributed by atoms with van der Waals surface area (Å²) in [6, 6.07) is 12.0. The molecule has 5 heteroatoms. The molecule has 2 rings (SSSR count). The van der Waals surface area contributed by atoms with Gasteiger partial charge < -0.3 is 15.2 Å². The molecule has 2 aromatic carbocycles. The Hall–Kier alpha value is -2.82. The number of aryl methyl sites for hydroxylation is 2. The fourth-order valence-corrected chi connectivity index (χ4v) is 2.93. The first-order valence-corrected chi connectivity index (χ1v) is 8.09. The smallest absolute Gasteiger partial charge is 0.308 e. The number of amides is 1. The summed E-state index contributed by atoms with van der Waals surface area (Å²) >= 11 is 0. The van der Waals surface area contributed by atoms with Crippen molar-refractivity contribution in [3.63, 3.8) is 0 Å². The Labute approximate surface area is 147 Å². The summed E-state index contributed by atoms with van der Waals surface area (Å²) in [7, 11) is 1.59. The van der Waals surface area contributed by atoms with Gasteiger partial charge in [0.25, 0.3) is 5.91 Å². The normalized spacial score (nSPS) is 13.0. The second kappa shape index (κ2) is 7.83. The van der Waals surface area contributed by atoms with Crippen LogP contribution in [0.1, 0.15) is 40.0 Å². The van der Waals surface area contributed by atoms with Crippen LogP contribution in [0.15, 0.2) is 42.5 Å². The van der Waals surface area contributed by atoms with E-state index in [9.17, 15) is 14.7 Å². The second-order valence-corrected chi connectivity index (χ2v) is 6.13. The van der Waals surface area contributed by atoms with Gasteiger partial charge in [0.1, 0.15) is 5.75 Å². The van der Waals surface area contributed by atoms with E-state index in [1.54, 1.807) is 26.2 Å². The number of carboxylic acids is 1. The van der Waals surface area contributed by atoms with Gasteiger partial charge in [-0.2, -0.15) is 0 Å². The van der Waals surface area contributed by atoms with Crippen LogP contribution in [-0.4, -0.2) is 24.1 Å². The number of carbonyl (C=O) groups is 2. The first-order chi connectivity index (χ1) is 11.8. The van der Waals surface area contributed by atoms with Crippen LogP contribution in [0.3, 0.4) is 0 Å². The van der Waals surface area contributed by atoms with E-state index in [0.717, 1.165) is 22.4 Å². The molecule has 0 saturated heterocycles. The molecule has 1 amide bonds. The van der Waals surface area contributed by atoms with Gasteiger partial charge in [0.05, 0.1) is 19.1 Å². The van der Waals surface area contributed by atoms with Crippen LogP contribution < -0.4 is 10.1 Å². The lowest BCUT2D eigenvalue weighted by Gasteiger charge is -2.23. The van der Waals surface area contributed by atoms with Gasteiger partial charge in [0, 0.05) is 5.56 Å². The summed E-state index contributed by atoms with van der Waals surface area (Å²) in [5.74, 6) is -1.28. The van der Waals surface area contributed by atoms with Crippen LogP contribution in [-0.2, 0) is 4.79 Å². The summed E-state index contributed by atoms with van der Waals surface area (Å²) in [4.78, 5) is 24.2. The molecular formula is C20H23NO4. The molecule has 132 valence electrons. The molecule has 5 nitrogen and oxygen atoms in total. The lowest BCUT2D eigenvalue weighted by Crippen LogP contribution is -2.35. The highest BCUT2D eigenvalue weighted by Gasteiger charge is 2.27. The van der Waals surface area contributed by atoms with Gasteiger partial charge in [0.15, 0.2) is 0 Å². The van der Waals surface area contributed by atoms with Crippen LogP contribution >= 0.6 is 0 Å². The number of aliphatic carboxylic acids is 1. The van der Waals surface area contributed by atoms with Crippen molar-refractivity contribution in [1.82, 2.24) is 5.32 Å². The molecule has 0 aliphatic heterocycles. The third-order valence-corrected chi connectivity index (χ3v) is 4.26. The van der Waals surface area contributed by atoms with Crippen molar-refractivity contribution in [3.8, 4) is 5.75 Å². The average Bonchev–Trinajstić information content (AvgIpc) is 2.59. The van der Waals surface area contributed by atoms with E-state index in [1.165, 1.54) is 0 Å². The minimum Gasteiger partial charge on any atom is -0.496 e. The van der Waals surface area contributed by atoms with Gasteiger partial charge in [-0.1, -0.05) is 30.3 Å². The number of hydrogen-bond donors (Lipinski definition) is 2. The van der Waals surface area contributed by atoms with Crippen LogP contribution in [0.5, 0.6) is 5.75 Å². The number of nitrogens with one attached hydrogen (secondary N) is 1. The molecule has 2 aromatic rings. The number of carbonyl (C=O) groups excluding carboxylic acids is 1. The molecule has 2 atom stereocenters. The Morgan fingerprint density at radius 1 is 1.08 bits per heavy atom. The second-order valence-electron chi connectivity index (χ2n) is 6.13. The number of hydrogen-bond acceptors (Lipinski definition) is 3. The van der Waals surface area contributed by atoms with Gasteiger partial charge in [-0.3, -0.25) is 9.59 Å². The van der Waals surface area contributed by atoms with Crippen LogP contribution in [0, 0.1) is 19.8 Å². The zero-order valence-electron chi connectivity index (χ0n) is 14.9. The Morgan fingerprint density at radius 3 is 2.12 bits per heavy atom. The number of benzene rings is 2. The molecule has 0 aliphatic rings. The van der Waals surface area contributed by atoms with E-state index in [0.29, 0.717) is 5.56 Å². The quantitative estimate of drug-likeness (QED) is 0.843. The summed E-state index contributed by atoms with van der Waals surface area (Å²) in [5.41, 5.74) is 2.95. The van der Waals surface area contributed by atoms with E-state index in [4.69, 9.17) is 4.74 Å². The maximum absolute atomic E-state index is 12.7. The monoisotopic (exact) mass is 341 g/mol. The Kier molecular flexibility index (Phi) is 5.80. The van der Waals surface area contributed by atoms with Crippen molar-refractivity contribution in [3.05, 3.63) is 64.7 Å². The molecule has 25 heavy (non-hydrogen) atoms. The highest BCUT2D eigenvalue weighted by atomic mass is 16.5. The minimum absolute atomic E-state index is 0.309. The fraction of sp³-hybridized carbons (Fsp3) is 0.300. The maximum Gasteiger partial charge on any atom is 0.308 e. The lowest BCUT2D eigenvalue weighted by molar-refractivity contribution is -0.142. The molecular weight excluding hydrogens is 318 g/mol. The van der Waals surface area contributed by atoms with E-state index in [1.807, 2.05) is 44.2 Å². The largest absolute Gasteiger partial charge is 0.496 e. The van der Waals surface area contributed by atoms with Crippen molar-refractivity contribution in [2.24, 2.45) is 5.92 Å². The van der Waals surface area contributed by atoms with E-state index in [2.05, 4.69) is 5.32 Å². The van der Waals surface area contributed by atoms with Gasteiger partial charge in [-0.05, 0) is 49.6 Å². The third-order valence-electron chi connectivity index (χ3n) is 4.26. The number of ether oxygens (including phenoxy) is 1. The molecule has 0 heterocycles. The maximum atomic E-state index is 12.7. The van der Waals surface area contributed by atoms with Gasteiger partial charge in [0.2, 0.25) is 0 Å². The Bertz CT molecular complexity index is 748. The van der Waals surface area contributed by atoms with Crippen LogP contribution in [0.25, 0.3) is 0 Å². The summed E-state index contributed by atoms with van der Waals surface area (Å²) in [6.07, 6.45) is 0. The van der Waals surface area contributed by atoms with Gasteiger partial charge in [-0.25, -0.2) is 0 Å². The SMILES string of the molecule is COc1c(C)cc(C(=O)NC(c2ccccc2)C(C)C(=O)O)cc1C. The number of rotatable bonds is 6. The molecule has 0 saturated carbocycles. The topological polar surface area (TPSA) is 75.6 Å². The molecule has 0 aromatic heterocycles. The Morgan fingerprint density at radius 2 is 1.64 bits per heavy atom. The van der Waals surface area contributed by atoms with Crippen molar-refractivity contribution in [2.45, 2.75) is 26.8 Å². The molecule has 0 aliphatic carbocycles. The molecule has 0 fully saturated rings. The molecule has 0 spiro atoms. The lowest BCUT2D eigenvalue weighted by atomic mass is 9.94. The Balaban J connectivity index is 2.33. The minimum atomic E-state index is -0.962. The standard InChI is InChI=1S/C20H23NO4/c1-12-10-16(11-13(2)18(12)25-4)19(22)21-17(14(3)20(23)24)15-8-6-5-7-9-15/h5-11,14,17H,1-4H3,(H,21,22)(H,23,24). The molecule has 2 unspecified atom stereocenters. The fourth-order valence-electron chi connectivity index (χ4n) is 2.93.